The molecule has 206 valence electrons. The standard InChI is InChI=1S/C33H32N6O2/c1-41-31-9-5-8-28(20-31)37-26-11-15-29(16-12-26)39(33(40)36-22-24-6-3-2-4-7-24)30-17-13-27(14-18-30)38-32-19-10-25(21-34)23-35-32/h2-12,15-16,19-20,23,30,37H,13-14,17-18,22H2,1H3,(H,36,40). The monoisotopic (exact) mass is 544 g/mol. The quantitative estimate of drug-likeness (QED) is 0.245. The van der Waals surface area contributed by atoms with Crippen molar-refractivity contribution in [1.29, 1.82) is 5.26 Å². The van der Waals surface area contributed by atoms with Gasteiger partial charge in [0.1, 0.15) is 11.8 Å². The average Bonchev–Trinajstić information content (AvgIpc) is 3.03. The van der Waals surface area contributed by atoms with Crippen LogP contribution in [0.2, 0.25) is 0 Å². The Hall–Kier alpha value is -5.16. The second-order valence-electron chi connectivity index (χ2n) is 9.84. The predicted octanol–water partition coefficient (Wildman–Crippen LogP) is 7.14. The third-order valence-corrected chi connectivity index (χ3v) is 7.06. The number of benzene rings is 3. The summed E-state index contributed by atoms with van der Waals surface area (Å²) in [6.07, 6.45) is 4.65. The van der Waals surface area contributed by atoms with Gasteiger partial charge in [0.15, 0.2) is 5.82 Å². The average molecular weight is 545 g/mol. The Labute approximate surface area is 240 Å². The summed E-state index contributed by atoms with van der Waals surface area (Å²) < 4.78 is 5.33. The number of aliphatic imine (C=N–C) groups is 1. The fourth-order valence-corrected chi connectivity index (χ4v) is 4.91. The number of hydrogen-bond acceptors (Lipinski definition) is 6. The van der Waals surface area contributed by atoms with Crippen LogP contribution in [0.15, 0.2) is 102 Å². The van der Waals surface area contributed by atoms with Crippen LogP contribution in [0.3, 0.4) is 0 Å². The first-order valence-electron chi connectivity index (χ1n) is 13.7. The van der Waals surface area contributed by atoms with Gasteiger partial charge in [-0.05, 0) is 79.8 Å². The Balaban J connectivity index is 1.31. The Kier molecular flexibility index (Phi) is 8.87. The van der Waals surface area contributed by atoms with E-state index in [1.807, 2.05) is 83.8 Å². The van der Waals surface area contributed by atoms with Crippen LogP contribution in [-0.2, 0) is 6.54 Å². The summed E-state index contributed by atoms with van der Waals surface area (Å²) in [5.41, 5.74) is 5.29. The summed E-state index contributed by atoms with van der Waals surface area (Å²) in [5.74, 6) is 1.39. The molecule has 1 saturated carbocycles. The molecule has 2 amide bonds. The molecule has 1 aliphatic carbocycles. The SMILES string of the molecule is COc1cccc(Nc2ccc(N(C(=O)NCc3ccccc3)C3CCC(=Nc4ccc(C#N)cn4)CC3)cc2)c1. The van der Waals surface area contributed by atoms with E-state index in [0.29, 0.717) is 17.9 Å². The first-order chi connectivity index (χ1) is 20.1. The number of carbonyl (C=O) groups is 1. The minimum atomic E-state index is -0.124. The highest BCUT2D eigenvalue weighted by Crippen LogP contribution is 2.30. The van der Waals surface area contributed by atoms with Crippen molar-refractivity contribution >= 4 is 34.6 Å². The van der Waals surface area contributed by atoms with Crippen LogP contribution in [0.25, 0.3) is 0 Å². The van der Waals surface area contributed by atoms with Crippen molar-refractivity contribution in [3.8, 4) is 11.8 Å². The second kappa shape index (κ2) is 13.3. The number of rotatable bonds is 8. The lowest BCUT2D eigenvalue weighted by Crippen LogP contribution is -2.47. The molecule has 0 atom stereocenters. The first kappa shape index (κ1) is 27.4. The number of nitriles is 1. The van der Waals surface area contributed by atoms with Crippen molar-refractivity contribution in [3.05, 3.63) is 108 Å². The molecule has 41 heavy (non-hydrogen) atoms. The maximum atomic E-state index is 13.6. The number of amides is 2. The van der Waals surface area contributed by atoms with Crippen LogP contribution in [0.5, 0.6) is 5.75 Å². The number of methoxy groups -OCH3 is 1. The number of nitrogens with zero attached hydrogens (tertiary/aromatic N) is 4. The van der Waals surface area contributed by atoms with E-state index < -0.39 is 0 Å². The molecule has 8 heteroatoms. The highest BCUT2D eigenvalue weighted by atomic mass is 16.5. The number of pyridine rings is 1. The number of urea groups is 1. The molecule has 0 bridgehead atoms. The summed E-state index contributed by atoms with van der Waals surface area (Å²) >= 11 is 0. The van der Waals surface area contributed by atoms with Gasteiger partial charge in [0, 0.05) is 47.6 Å². The van der Waals surface area contributed by atoms with Gasteiger partial charge in [-0.25, -0.2) is 14.8 Å². The third kappa shape index (κ3) is 7.28. The van der Waals surface area contributed by atoms with Crippen molar-refractivity contribution in [2.45, 2.75) is 38.3 Å². The zero-order chi connectivity index (χ0) is 28.4. The van der Waals surface area contributed by atoms with E-state index in [4.69, 9.17) is 15.0 Å². The summed E-state index contributed by atoms with van der Waals surface area (Å²) in [6.45, 7) is 0.454. The van der Waals surface area contributed by atoms with Gasteiger partial charge in [-0.15, -0.1) is 0 Å². The zero-order valence-corrected chi connectivity index (χ0v) is 23.0. The molecule has 0 unspecified atom stereocenters. The Morgan fingerprint density at radius 2 is 1.78 bits per heavy atom. The Morgan fingerprint density at radius 1 is 1.00 bits per heavy atom. The number of carbonyl (C=O) groups excluding carboxylic acids is 1. The zero-order valence-electron chi connectivity index (χ0n) is 23.0. The van der Waals surface area contributed by atoms with Crippen molar-refractivity contribution in [2.24, 2.45) is 4.99 Å². The predicted molar refractivity (Wildman–Crippen MR) is 162 cm³/mol. The van der Waals surface area contributed by atoms with E-state index in [2.05, 4.69) is 21.7 Å². The minimum Gasteiger partial charge on any atom is -0.497 e. The summed E-state index contributed by atoms with van der Waals surface area (Å²) in [4.78, 5) is 24.5. The van der Waals surface area contributed by atoms with Gasteiger partial charge in [0.05, 0.1) is 12.7 Å². The van der Waals surface area contributed by atoms with Crippen molar-refractivity contribution in [2.75, 3.05) is 17.3 Å². The Morgan fingerprint density at radius 3 is 2.46 bits per heavy atom. The van der Waals surface area contributed by atoms with E-state index in [9.17, 15) is 4.79 Å². The molecule has 0 saturated heterocycles. The van der Waals surface area contributed by atoms with E-state index >= 15 is 0 Å². The summed E-state index contributed by atoms with van der Waals surface area (Å²) in [7, 11) is 1.65. The summed E-state index contributed by atoms with van der Waals surface area (Å²) in [5, 5.41) is 15.5. The van der Waals surface area contributed by atoms with Crippen molar-refractivity contribution in [3.63, 3.8) is 0 Å². The van der Waals surface area contributed by atoms with E-state index in [0.717, 1.165) is 59.8 Å². The maximum absolute atomic E-state index is 13.6. The minimum absolute atomic E-state index is 0.0239. The highest BCUT2D eigenvalue weighted by molar-refractivity contribution is 5.94. The maximum Gasteiger partial charge on any atom is 0.322 e. The van der Waals surface area contributed by atoms with Crippen molar-refractivity contribution in [1.82, 2.24) is 10.3 Å². The van der Waals surface area contributed by atoms with Gasteiger partial charge in [-0.2, -0.15) is 5.26 Å². The molecular formula is C33H32N6O2. The lowest BCUT2D eigenvalue weighted by molar-refractivity contribution is 0.242. The fraction of sp³-hybridized carbons (Fsp3) is 0.212. The van der Waals surface area contributed by atoms with Crippen LogP contribution >= 0.6 is 0 Å². The molecular weight excluding hydrogens is 512 g/mol. The smallest absolute Gasteiger partial charge is 0.322 e. The van der Waals surface area contributed by atoms with Crippen LogP contribution in [-0.4, -0.2) is 29.9 Å². The molecule has 1 fully saturated rings. The number of anilines is 3. The molecule has 2 N–H and O–H groups in total. The lowest BCUT2D eigenvalue weighted by Gasteiger charge is -2.35. The van der Waals surface area contributed by atoms with Crippen LogP contribution in [0.4, 0.5) is 27.7 Å². The first-order valence-corrected chi connectivity index (χ1v) is 13.7. The normalized spacial score (nSPS) is 14.4. The number of hydrogen-bond donors (Lipinski definition) is 2. The molecule has 1 aliphatic rings. The Bertz CT molecular complexity index is 1520. The van der Waals surface area contributed by atoms with Gasteiger partial charge >= 0.3 is 6.03 Å². The highest BCUT2D eigenvalue weighted by Gasteiger charge is 2.29. The van der Waals surface area contributed by atoms with Crippen LogP contribution in [0.1, 0.15) is 36.8 Å². The van der Waals surface area contributed by atoms with E-state index in [1.54, 1.807) is 19.2 Å². The van der Waals surface area contributed by atoms with E-state index in [-0.39, 0.29) is 12.1 Å². The molecule has 0 aliphatic heterocycles. The topological polar surface area (TPSA) is 103 Å². The fourth-order valence-electron chi connectivity index (χ4n) is 4.91. The molecule has 3 aromatic carbocycles. The van der Waals surface area contributed by atoms with Gasteiger partial charge < -0.3 is 15.4 Å². The van der Waals surface area contributed by atoms with Crippen molar-refractivity contribution < 1.29 is 9.53 Å². The van der Waals surface area contributed by atoms with E-state index in [1.165, 1.54) is 6.20 Å². The van der Waals surface area contributed by atoms with Gasteiger partial charge in [0.25, 0.3) is 0 Å². The molecule has 0 radical (unpaired) electrons. The molecule has 4 aromatic rings. The lowest BCUT2D eigenvalue weighted by atomic mass is 9.92. The third-order valence-electron chi connectivity index (χ3n) is 7.06. The van der Waals surface area contributed by atoms with Crippen LogP contribution in [0, 0.1) is 11.3 Å². The number of nitrogens with one attached hydrogen (secondary N) is 2. The largest absolute Gasteiger partial charge is 0.497 e. The van der Waals surface area contributed by atoms with Gasteiger partial charge in [-0.3, -0.25) is 4.90 Å². The van der Waals surface area contributed by atoms with Gasteiger partial charge in [-0.1, -0.05) is 36.4 Å². The molecule has 1 heterocycles. The van der Waals surface area contributed by atoms with Crippen LogP contribution < -0.4 is 20.3 Å². The molecule has 1 aromatic heterocycles. The van der Waals surface area contributed by atoms with Gasteiger partial charge in [0.2, 0.25) is 0 Å². The number of ether oxygens (including phenoxy) is 1. The molecule has 0 spiro atoms. The molecule has 5 rings (SSSR count). The molecule has 8 nitrogen and oxygen atoms in total. The second-order valence-corrected chi connectivity index (χ2v) is 9.84. The number of aromatic nitrogens is 1. The summed E-state index contributed by atoms with van der Waals surface area (Å²) in [6, 6.07) is 31.1.